The van der Waals surface area contributed by atoms with Gasteiger partial charge in [0.1, 0.15) is 0 Å². The molecule has 6 heteroatoms. The Labute approximate surface area is 157 Å². The number of piperidine rings is 1. The van der Waals surface area contributed by atoms with Crippen molar-refractivity contribution >= 4 is 11.9 Å². The van der Waals surface area contributed by atoms with Crippen molar-refractivity contribution in [2.24, 2.45) is 5.92 Å². The van der Waals surface area contributed by atoms with Gasteiger partial charge in [0.05, 0.1) is 0 Å². The normalized spacial score (nSPS) is 20.0. The maximum atomic E-state index is 13.0. The van der Waals surface area contributed by atoms with Crippen molar-refractivity contribution in [3.8, 4) is 0 Å². The Morgan fingerprint density at radius 3 is 2.35 bits per heavy atom. The summed E-state index contributed by atoms with van der Waals surface area (Å²) in [6.45, 7) is 8.94. The van der Waals surface area contributed by atoms with Crippen LogP contribution in [0.1, 0.15) is 45.4 Å². The monoisotopic (exact) mass is 359 g/mol. The first-order chi connectivity index (χ1) is 12.8. The summed E-state index contributed by atoms with van der Waals surface area (Å²) < 4.78 is 0. The highest BCUT2D eigenvalue weighted by Crippen LogP contribution is 2.22. The van der Waals surface area contributed by atoms with E-state index in [1.807, 2.05) is 6.07 Å². The van der Waals surface area contributed by atoms with Crippen molar-refractivity contribution in [3.05, 3.63) is 18.5 Å². The van der Waals surface area contributed by atoms with Gasteiger partial charge in [-0.1, -0.05) is 12.8 Å². The van der Waals surface area contributed by atoms with E-state index in [2.05, 4.69) is 31.6 Å². The van der Waals surface area contributed by atoms with Gasteiger partial charge < -0.3 is 14.7 Å². The molecule has 0 unspecified atom stereocenters. The number of anilines is 1. The van der Waals surface area contributed by atoms with Crippen LogP contribution < -0.4 is 4.90 Å². The van der Waals surface area contributed by atoms with E-state index in [0.717, 1.165) is 51.5 Å². The Morgan fingerprint density at radius 2 is 1.73 bits per heavy atom. The van der Waals surface area contributed by atoms with E-state index < -0.39 is 0 Å². The molecule has 3 rings (SSSR count). The van der Waals surface area contributed by atoms with E-state index in [1.165, 1.54) is 38.8 Å². The van der Waals surface area contributed by atoms with Crippen LogP contribution in [0, 0.1) is 5.92 Å². The third-order valence-corrected chi connectivity index (χ3v) is 5.76. The van der Waals surface area contributed by atoms with Crippen molar-refractivity contribution in [2.75, 3.05) is 50.7 Å². The summed E-state index contributed by atoms with van der Waals surface area (Å²) >= 11 is 0. The molecular weight excluding hydrogens is 326 g/mol. The third-order valence-electron chi connectivity index (χ3n) is 5.76. The maximum Gasteiger partial charge on any atom is 0.225 e. The van der Waals surface area contributed by atoms with E-state index >= 15 is 0 Å². The van der Waals surface area contributed by atoms with Gasteiger partial charge >= 0.3 is 0 Å². The minimum absolute atomic E-state index is 0.152. The minimum Gasteiger partial charge on any atom is -0.341 e. The lowest BCUT2D eigenvalue weighted by molar-refractivity contribution is -0.136. The third kappa shape index (κ3) is 5.16. The summed E-state index contributed by atoms with van der Waals surface area (Å²) in [5, 5.41) is 0. The predicted molar refractivity (Wildman–Crippen MR) is 104 cm³/mol. The van der Waals surface area contributed by atoms with Crippen LogP contribution in [0.15, 0.2) is 18.5 Å². The van der Waals surface area contributed by atoms with Crippen LogP contribution in [0.25, 0.3) is 0 Å². The number of likely N-dealkylation sites (tertiary alicyclic amines) is 1. The smallest absolute Gasteiger partial charge is 0.225 e. The minimum atomic E-state index is 0.152. The van der Waals surface area contributed by atoms with Crippen LogP contribution >= 0.6 is 0 Å². The molecule has 2 fully saturated rings. The lowest BCUT2D eigenvalue weighted by atomic mass is 9.95. The SMILES string of the molecule is CCN(CCN1CCCCCC1)C(=O)C1CCN(c2ncccn2)CC1. The topological polar surface area (TPSA) is 52.6 Å². The fourth-order valence-corrected chi connectivity index (χ4v) is 4.09. The number of likely N-dealkylation sites (N-methyl/N-ethyl adjacent to an activating group) is 1. The Balaban J connectivity index is 1.46. The molecule has 0 saturated carbocycles. The first-order valence-electron chi connectivity index (χ1n) is 10.3. The average molecular weight is 360 g/mol. The Kier molecular flexibility index (Phi) is 7.23. The van der Waals surface area contributed by atoms with Gasteiger partial charge in [0.15, 0.2) is 0 Å². The molecular formula is C20H33N5O. The Morgan fingerprint density at radius 1 is 1.08 bits per heavy atom. The second-order valence-corrected chi connectivity index (χ2v) is 7.48. The van der Waals surface area contributed by atoms with Gasteiger partial charge in [-0.05, 0) is 51.8 Å². The summed E-state index contributed by atoms with van der Waals surface area (Å²) in [5.74, 6) is 1.28. The van der Waals surface area contributed by atoms with Gasteiger partial charge in [-0.15, -0.1) is 0 Å². The van der Waals surface area contributed by atoms with E-state index in [4.69, 9.17) is 0 Å². The van der Waals surface area contributed by atoms with Gasteiger partial charge in [0, 0.05) is 51.0 Å². The molecule has 0 aromatic carbocycles. The van der Waals surface area contributed by atoms with E-state index in [0.29, 0.717) is 5.91 Å². The summed E-state index contributed by atoms with van der Waals surface area (Å²) in [4.78, 5) is 28.4. The van der Waals surface area contributed by atoms with Crippen molar-refractivity contribution in [1.82, 2.24) is 19.8 Å². The Hall–Kier alpha value is -1.69. The lowest BCUT2D eigenvalue weighted by Crippen LogP contribution is -2.45. The molecule has 26 heavy (non-hydrogen) atoms. The summed E-state index contributed by atoms with van der Waals surface area (Å²) in [6.07, 6.45) is 10.7. The molecule has 2 aliphatic rings. The highest BCUT2D eigenvalue weighted by molar-refractivity contribution is 5.79. The average Bonchev–Trinajstić information content (AvgIpc) is 2.98. The second kappa shape index (κ2) is 9.86. The van der Waals surface area contributed by atoms with Crippen LogP contribution in [-0.2, 0) is 4.79 Å². The largest absolute Gasteiger partial charge is 0.341 e. The second-order valence-electron chi connectivity index (χ2n) is 7.48. The van der Waals surface area contributed by atoms with Crippen LogP contribution in [0.2, 0.25) is 0 Å². The molecule has 0 spiro atoms. The van der Waals surface area contributed by atoms with Gasteiger partial charge in [-0.3, -0.25) is 4.79 Å². The number of carbonyl (C=O) groups excluding carboxylic acids is 1. The molecule has 2 aliphatic heterocycles. The molecule has 0 radical (unpaired) electrons. The summed E-state index contributed by atoms with van der Waals surface area (Å²) in [6, 6.07) is 1.84. The molecule has 1 aromatic heterocycles. The number of nitrogens with zero attached hydrogens (tertiary/aromatic N) is 5. The number of carbonyl (C=O) groups is 1. The fraction of sp³-hybridized carbons (Fsp3) is 0.750. The highest BCUT2D eigenvalue weighted by atomic mass is 16.2. The molecule has 0 bridgehead atoms. The maximum absolute atomic E-state index is 13.0. The number of hydrogen-bond donors (Lipinski definition) is 0. The molecule has 3 heterocycles. The molecule has 1 amide bonds. The van der Waals surface area contributed by atoms with Crippen LogP contribution in [0.5, 0.6) is 0 Å². The van der Waals surface area contributed by atoms with E-state index in [1.54, 1.807) is 12.4 Å². The van der Waals surface area contributed by atoms with Gasteiger partial charge in [-0.2, -0.15) is 0 Å². The van der Waals surface area contributed by atoms with Crippen LogP contribution in [0.4, 0.5) is 5.95 Å². The first kappa shape index (κ1) is 19.1. The fourth-order valence-electron chi connectivity index (χ4n) is 4.09. The Bertz CT molecular complexity index is 536. The number of hydrogen-bond acceptors (Lipinski definition) is 5. The lowest BCUT2D eigenvalue weighted by Gasteiger charge is -2.34. The highest BCUT2D eigenvalue weighted by Gasteiger charge is 2.29. The number of rotatable bonds is 6. The number of amides is 1. The van der Waals surface area contributed by atoms with E-state index in [-0.39, 0.29) is 5.92 Å². The molecule has 0 aliphatic carbocycles. The van der Waals surface area contributed by atoms with Gasteiger partial charge in [0.25, 0.3) is 0 Å². The zero-order chi connectivity index (χ0) is 18.2. The van der Waals surface area contributed by atoms with Gasteiger partial charge in [0.2, 0.25) is 11.9 Å². The quantitative estimate of drug-likeness (QED) is 0.781. The molecule has 0 N–H and O–H groups in total. The molecule has 6 nitrogen and oxygen atoms in total. The van der Waals surface area contributed by atoms with Crippen molar-refractivity contribution < 1.29 is 4.79 Å². The zero-order valence-electron chi connectivity index (χ0n) is 16.1. The van der Waals surface area contributed by atoms with Crippen molar-refractivity contribution in [1.29, 1.82) is 0 Å². The zero-order valence-corrected chi connectivity index (χ0v) is 16.1. The summed E-state index contributed by atoms with van der Waals surface area (Å²) in [5.41, 5.74) is 0. The molecule has 0 atom stereocenters. The van der Waals surface area contributed by atoms with Gasteiger partial charge in [-0.25, -0.2) is 9.97 Å². The van der Waals surface area contributed by atoms with Crippen LogP contribution in [-0.4, -0.2) is 71.5 Å². The molecule has 1 aromatic rings. The van der Waals surface area contributed by atoms with Crippen molar-refractivity contribution in [3.63, 3.8) is 0 Å². The summed E-state index contributed by atoms with van der Waals surface area (Å²) in [7, 11) is 0. The number of aromatic nitrogens is 2. The predicted octanol–water partition coefficient (Wildman–Crippen LogP) is 2.42. The van der Waals surface area contributed by atoms with Crippen LogP contribution in [0.3, 0.4) is 0 Å². The molecule has 2 saturated heterocycles. The molecule has 144 valence electrons. The first-order valence-corrected chi connectivity index (χ1v) is 10.3. The standard InChI is InChI=1S/C20H33N5O/c1-2-24(17-16-23-12-5-3-4-6-13-23)19(26)18-8-14-25(15-9-18)20-21-10-7-11-22-20/h7,10-11,18H,2-6,8-9,12-17H2,1H3. The van der Waals surface area contributed by atoms with Crippen molar-refractivity contribution in [2.45, 2.75) is 45.4 Å². The van der Waals surface area contributed by atoms with E-state index in [9.17, 15) is 4.79 Å².